The van der Waals surface area contributed by atoms with E-state index in [4.69, 9.17) is 15.2 Å². The number of carbonyl (C=O) groups is 2. The van der Waals surface area contributed by atoms with Crippen LogP contribution >= 0.6 is 0 Å². The quantitative estimate of drug-likeness (QED) is 0.691. The second-order valence-electron chi connectivity index (χ2n) is 4.54. The number of rotatable bonds is 8. The summed E-state index contributed by atoms with van der Waals surface area (Å²) in [6, 6.07) is 7.98. The van der Waals surface area contributed by atoms with Gasteiger partial charge in [-0.2, -0.15) is 0 Å². The molecule has 1 aromatic rings. The third-order valence-electron chi connectivity index (χ3n) is 2.88. The molecule has 21 heavy (non-hydrogen) atoms. The molecule has 2 unspecified atom stereocenters. The number of ether oxygens (including phenoxy) is 2. The molecule has 0 spiro atoms. The van der Waals surface area contributed by atoms with Crippen molar-refractivity contribution in [2.24, 2.45) is 5.73 Å². The summed E-state index contributed by atoms with van der Waals surface area (Å²) in [6.07, 6.45) is 0.0588. The van der Waals surface area contributed by atoms with Crippen LogP contribution in [0, 0.1) is 0 Å². The van der Waals surface area contributed by atoms with Crippen molar-refractivity contribution in [3.8, 4) is 0 Å². The predicted octanol–water partition coefficient (Wildman–Crippen LogP) is 0.771. The zero-order chi connectivity index (χ0) is 15.7. The van der Waals surface area contributed by atoms with Gasteiger partial charge in [0.1, 0.15) is 6.04 Å². The second kappa shape index (κ2) is 9.10. The first-order valence-corrected chi connectivity index (χ1v) is 6.84. The SMILES string of the molecule is CCOC(=O)CC(NC(=O)C(N)COC)c1ccccc1. The Morgan fingerprint density at radius 2 is 1.95 bits per heavy atom. The number of carbonyl (C=O) groups excluding carboxylic acids is 2. The van der Waals surface area contributed by atoms with E-state index >= 15 is 0 Å². The van der Waals surface area contributed by atoms with Gasteiger partial charge in [0.05, 0.1) is 25.7 Å². The fourth-order valence-corrected chi connectivity index (χ4v) is 1.86. The predicted molar refractivity (Wildman–Crippen MR) is 78.4 cm³/mol. The van der Waals surface area contributed by atoms with E-state index in [1.807, 2.05) is 30.3 Å². The fraction of sp³-hybridized carbons (Fsp3) is 0.467. The maximum atomic E-state index is 12.0. The molecule has 0 saturated carbocycles. The monoisotopic (exact) mass is 294 g/mol. The lowest BCUT2D eigenvalue weighted by atomic mass is 10.0. The largest absolute Gasteiger partial charge is 0.466 e. The number of amides is 1. The summed E-state index contributed by atoms with van der Waals surface area (Å²) in [7, 11) is 1.47. The molecule has 3 N–H and O–H groups in total. The van der Waals surface area contributed by atoms with Crippen LogP contribution in [0.4, 0.5) is 0 Å². The number of methoxy groups -OCH3 is 1. The van der Waals surface area contributed by atoms with Crippen molar-refractivity contribution in [1.29, 1.82) is 0 Å². The van der Waals surface area contributed by atoms with Crippen molar-refractivity contribution in [1.82, 2.24) is 5.32 Å². The lowest BCUT2D eigenvalue weighted by Gasteiger charge is -2.20. The van der Waals surface area contributed by atoms with Gasteiger partial charge < -0.3 is 20.5 Å². The van der Waals surface area contributed by atoms with E-state index in [1.165, 1.54) is 7.11 Å². The maximum Gasteiger partial charge on any atom is 0.308 e. The first-order chi connectivity index (χ1) is 10.1. The minimum Gasteiger partial charge on any atom is -0.466 e. The molecule has 0 aromatic heterocycles. The van der Waals surface area contributed by atoms with Gasteiger partial charge in [-0.3, -0.25) is 9.59 Å². The fourth-order valence-electron chi connectivity index (χ4n) is 1.86. The Bertz CT molecular complexity index is 450. The second-order valence-corrected chi connectivity index (χ2v) is 4.54. The summed E-state index contributed by atoms with van der Waals surface area (Å²) < 4.78 is 9.79. The molecule has 6 nitrogen and oxygen atoms in total. The molecule has 0 radical (unpaired) electrons. The molecule has 0 heterocycles. The van der Waals surface area contributed by atoms with Gasteiger partial charge in [0, 0.05) is 7.11 Å². The summed E-state index contributed by atoms with van der Waals surface area (Å²) in [5.74, 6) is -0.734. The van der Waals surface area contributed by atoms with Crippen LogP contribution in [0.3, 0.4) is 0 Å². The zero-order valence-corrected chi connectivity index (χ0v) is 12.4. The number of nitrogens with one attached hydrogen (secondary N) is 1. The van der Waals surface area contributed by atoms with Gasteiger partial charge in [0.25, 0.3) is 0 Å². The number of hydrogen-bond acceptors (Lipinski definition) is 5. The molecule has 0 bridgehead atoms. The lowest BCUT2D eigenvalue weighted by Crippen LogP contribution is -2.45. The molecule has 0 saturated heterocycles. The van der Waals surface area contributed by atoms with Crippen molar-refractivity contribution >= 4 is 11.9 Å². The normalized spacial score (nSPS) is 13.3. The van der Waals surface area contributed by atoms with E-state index in [0.29, 0.717) is 6.61 Å². The number of hydrogen-bond donors (Lipinski definition) is 2. The van der Waals surface area contributed by atoms with E-state index in [0.717, 1.165) is 5.56 Å². The van der Waals surface area contributed by atoms with Crippen molar-refractivity contribution < 1.29 is 19.1 Å². The van der Waals surface area contributed by atoms with E-state index < -0.39 is 12.1 Å². The van der Waals surface area contributed by atoms with Crippen LogP contribution in [0.5, 0.6) is 0 Å². The Morgan fingerprint density at radius 1 is 1.29 bits per heavy atom. The van der Waals surface area contributed by atoms with Crippen LogP contribution in [0.15, 0.2) is 30.3 Å². The average molecular weight is 294 g/mol. The minimum atomic E-state index is -0.775. The standard InChI is InChI=1S/C15H22N2O4/c1-3-21-14(18)9-13(11-7-5-4-6-8-11)17-15(19)12(16)10-20-2/h4-8,12-13H,3,9-10,16H2,1-2H3,(H,17,19). The Balaban J connectivity index is 2.77. The summed E-state index contributed by atoms with van der Waals surface area (Å²) in [6.45, 7) is 2.16. The molecule has 0 fully saturated rings. The highest BCUT2D eigenvalue weighted by Crippen LogP contribution is 2.17. The van der Waals surface area contributed by atoms with Crippen LogP contribution in [-0.4, -0.2) is 38.2 Å². The highest BCUT2D eigenvalue weighted by Gasteiger charge is 2.22. The highest BCUT2D eigenvalue weighted by atomic mass is 16.5. The van der Waals surface area contributed by atoms with Gasteiger partial charge >= 0.3 is 5.97 Å². The summed E-state index contributed by atoms with van der Waals surface area (Å²) in [5.41, 5.74) is 6.51. The molecule has 2 atom stereocenters. The van der Waals surface area contributed by atoms with Gasteiger partial charge in [-0.05, 0) is 12.5 Å². The summed E-state index contributed by atoms with van der Waals surface area (Å²) >= 11 is 0. The van der Waals surface area contributed by atoms with E-state index in [1.54, 1.807) is 6.92 Å². The number of esters is 1. The summed E-state index contributed by atoms with van der Waals surface area (Å²) in [5, 5.41) is 2.76. The first kappa shape index (κ1) is 17.1. The molecule has 1 rings (SSSR count). The molecule has 0 aliphatic rings. The van der Waals surface area contributed by atoms with Gasteiger partial charge in [-0.25, -0.2) is 0 Å². The van der Waals surface area contributed by atoms with Gasteiger partial charge in [-0.15, -0.1) is 0 Å². The first-order valence-electron chi connectivity index (χ1n) is 6.84. The molecule has 116 valence electrons. The van der Waals surface area contributed by atoms with Gasteiger partial charge in [0.15, 0.2) is 0 Å². The molecular weight excluding hydrogens is 272 g/mol. The van der Waals surface area contributed by atoms with E-state index in [-0.39, 0.29) is 24.9 Å². The molecule has 1 amide bonds. The Morgan fingerprint density at radius 3 is 2.52 bits per heavy atom. The Kier molecular flexibility index (Phi) is 7.42. The average Bonchev–Trinajstić information content (AvgIpc) is 2.48. The zero-order valence-electron chi connectivity index (χ0n) is 12.4. The third kappa shape index (κ3) is 5.93. The van der Waals surface area contributed by atoms with Crippen LogP contribution in [-0.2, 0) is 19.1 Å². The van der Waals surface area contributed by atoms with Crippen LogP contribution in [0.1, 0.15) is 24.9 Å². The van der Waals surface area contributed by atoms with Crippen molar-refractivity contribution in [3.63, 3.8) is 0 Å². The molecule has 0 aliphatic carbocycles. The van der Waals surface area contributed by atoms with E-state index in [9.17, 15) is 9.59 Å². The van der Waals surface area contributed by atoms with E-state index in [2.05, 4.69) is 5.32 Å². The highest BCUT2D eigenvalue weighted by molar-refractivity contribution is 5.82. The van der Waals surface area contributed by atoms with Crippen molar-refractivity contribution in [2.75, 3.05) is 20.3 Å². The van der Waals surface area contributed by atoms with Crippen molar-refractivity contribution in [2.45, 2.75) is 25.4 Å². The van der Waals surface area contributed by atoms with Crippen LogP contribution < -0.4 is 11.1 Å². The summed E-state index contributed by atoms with van der Waals surface area (Å²) in [4.78, 5) is 23.7. The number of nitrogens with two attached hydrogens (primary N) is 1. The van der Waals surface area contributed by atoms with Crippen LogP contribution in [0.2, 0.25) is 0 Å². The molecule has 0 aliphatic heterocycles. The number of benzene rings is 1. The Hall–Kier alpha value is -1.92. The Labute approximate surface area is 124 Å². The molecule has 6 heteroatoms. The van der Waals surface area contributed by atoms with Crippen molar-refractivity contribution in [3.05, 3.63) is 35.9 Å². The lowest BCUT2D eigenvalue weighted by molar-refractivity contribution is -0.143. The van der Waals surface area contributed by atoms with Gasteiger partial charge in [0.2, 0.25) is 5.91 Å². The van der Waals surface area contributed by atoms with Crippen LogP contribution in [0.25, 0.3) is 0 Å². The topological polar surface area (TPSA) is 90.7 Å². The van der Waals surface area contributed by atoms with Gasteiger partial charge in [-0.1, -0.05) is 30.3 Å². The maximum absolute atomic E-state index is 12.0. The molecular formula is C15H22N2O4. The third-order valence-corrected chi connectivity index (χ3v) is 2.88. The smallest absolute Gasteiger partial charge is 0.308 e. The molecule has 1 aromatic carbocycles. The minimum absolute atomic E-state index is 0.0588.